The number of benzene rings is 3. The van der Waals surface area contributed by atoms with Crippen LogP contribution in [0.1, 0.15) is 17.2 Å². The third kappa shape index (κ3) is 6.25. The lowest BCUT2D eigenvalue weighted by Crippen LogP contribution is -2.48. The average molecular weight is 485 g/mol. The topological polar surface area (TPSA) is 102 Å². The number of carbonyl (C=O) groups is 3. The van der Waals surface area contributed by atoms with Crippen LogP contribution in [0.5, 0.6) is 0 Å². The van der Waals surface area contributed by atoms with Crippen LogP contribution in [0, 0.1) is 6.92 Å². The Labute approximate surface area is 200 Å². The summed E-state index contributed by atoms with van der Waals surface area (Å²) in [7, 11) is 0. The van der Waals surface area contributed by atoms with E-state index in [1.165, 1.54) is 18.2 Å². The molecule has 0 aliphatic heterocycles. The van der Waals surface area contributed by atoms with Gasteiger partial charge in [-0.3, -0.25) is 9.69 Å². The Bertz CT molecular complexity index is 1170. The lowest BCUT2D eigenvalue weighted by atomic mass is 10.0. The minimum atomic E-state index is -1.52. The number of amides is 3. The van der Waals surface area contributed by atoms with Gasteiger partial charge in [-0.15, -0.1) is 0 Å². The molecule has 0 heterocycles. The lowest BCUT2D eigenvalue weighted by Gasteiger charge is -2.33. The number of carboxylic acids is 1. The summed E-state index contributed by atoms with van der Waals surface area (Å²) < 4.78 is 0. The molecule has 3 aromatic carbocycles. The standard InChI is InChI=1S/C24H21Cl2N3O4/c1-15-6-5-7-17(12-15)28-24(33)27-14-21(30)29(18-8-3-2-4-9-18)22(23(31)32)16-10-11-19(25)20(26)13-16/h2-13,22H,14H2,1H3,(H,31,32)(H2,27,28,33)/p-1. The van der Waals surface area contributed by atoms with Crippen molar-refractivity contribution in [3.05, 3.63) is 94.0 Å². The molecule has 3 amide bonds. The first-order valence-corrected chi connectivity index (χ1v) is 10.7. The van der Waals surface area contributed by atoms with Gasteiger partial charge in [0.1, 0.15) is 6.04 Å². The molecular formula is C24H20Cl2N3O4-. The number of hydrogen-bond donors (Lipinski definition) is 2. The number of anilines is 2. The third-order valence-corrected chi connectivity index (χ3v) is 5.46. The van der Waals surface area contributed by atoms with E-state index in [2.05, 4.69) is 10.6 Å². The number of rotatable bonds is 7. The summed E-state index contributed by atoms with van der Waals surface area (Å²) in [6, 6.07) is 17.5. The zero-order valence-electron chi connectivity index (χ0n) is 17.5. The number of carbonyl (C=O) groups excluding carboxylic acids is 3. The Balaban J connectivity index is 1.85. The van der Waals surface area contributed by atoms with Gasteiger partial charge in [-0.2, -0.15) is 0 Å². The molecule has 2 N–H and O–H groups in total. The van der Waals surface area contributed by atoms with E-state index in [1.54, 1.807) is 48.5 Å². The first-order chi connectivity index (χ1) is 15.8. The lowest BCUT2D eigenvalue weighted by molar-refractivity contribution is -0.307. The Morgan fingerprint density at radius 1 is 0.939 bits per heavy atom. The predicted octanol–water partition coefficient (Wildman–Crippen LogP) is 3.95. The molecule has 0 aliphatic carbocycles. The molecule has 170 valence electrons. The fourth-order valence-corrected chi connectivity index (χ4v) is 3.54. The summed E-state index contributed by atoms with van der Waals surface area (Å²) in [5.74, 6) is -2.18. The van der Waals surface area contributed by atoms with Crippen LogP contribution in [0.15, 0.2) is 72.8 Å². The minimum absolute atomic E-state index is 0.136. The predicted molar refractivity (Wildman–Crippen MR) is 126 cm³/mol. The molecule has 0 spiro atoms. The van der Waals surface area contributed by atoms with E-state index in [9.17, 15) is 19.5 Å². The van der Waals surface area contributed by atoms with Crippen LogP contribution in [-0.4, -0.2) is 24.5 Å². The van der Waals surface area contributed by atoms with Crippen LogP contribution < -0.4 is 20.6 Å². The summed E-state index contributed by atoms with van der Waals surface area (Å²) in [5, 5.41) is 17.6. The maximum absolute atomic E-state index is 13.2. The van der Waals surface area contributed by atoms with Gasteiger partial charge in [0.2, 0.25) is 5.91 Å². The largest absolute Gasteiger partial charge is 0.547 e. The molecule has 0 saturated heterocycles. The summed E-state index contributed by atoms with van der Waals surface area (Å²) in [5.41, 5.74) is 2.02. The maximum atomic E-state index is 13.2. The second-order valence-corrected chi connectivity index (χ2v) is 7.99. The summed E-state index contributed by atoms with van der Waals surface area (Å²) >= 11 is 12.0. The van der Waals surface area contributed by atoms with E-state index in [1.807, 2.05) is 13.0 Å². The number of aliphatic carboxylic acids is 1. The van der Waals surface area contributed by atoms with Crippen molar-refractivity contribution in [3.63, 3.8) is 0 Å². The molecule has 7 nitrogen and oxygen atoms in total. The highest BCUT2D eigenvalue weighted by Crippen LogP contribution is 2.31. The van der Waals surface area contributed by atoms with E-state index < -0.39 is 30.5 Å². The van der Waals surface area contributed by atoms with E-state index in [4.69, 9.17) is 23.2 Å². The number of para-hydroxylation sites is 1. The molecule has 9 heteroatoms. The van der Waals surface area contributed by atoms with Gasteiger partial charge >= 0.3 is 6.03 Å². The highest BCUT2D eigenvalue weighted by Gasteiger charge is 2.28. The van der Waals surface area contributed by atoms with Crippen molar-refractivity contribution in [1.29, 1.82) is 0 Å². The Morgan fingerprint density at radius 3 is 2.30 bits per heavy atom. The molecular weight excluding hydrogens is 465 g/mol. The average Bonchev–Trinajstić information content (AvgIpc) is 2.78. The fraction of sp³-hybridized carbons (Fsp3) is 0.125. The van der Waals surface area contributed by atoms with E-state index >= 15 is 0 Å². The molecule has 0 radical (unpaired) electrons. The number of nitrogens with one attached hydrogen (secondary N) is 2. The molecule has 3 rings (SSSR count). The van der Waals surface area contributed by atoms with Crippen molar-refractivity contribution in [1.82, 2.24) is 5.32 Å². The Kier molecular flexibility index (Phi) is 7.92. The number of urea groups is 1. The highest BCUT2D eigenvalue weighted by atomic mass is 35.5. The van der Waals surface area contributed by atoms with Crippen molar-refractivity contribution >= 4 is 52.5 Å². The fourth-order valence-electron chi connectivity index (χ4n) is 3.24. The normalized spacial score (nSPS) is 11.4. The van der Waals surface area contributed by atoms with E-state index in [0.29, 0.717) is 11.4 Å². The second-order valence-electron chi connectivity index (χ2n) is 7.17. The van der Waals surface area contributed by atoms with Gasteiger partial charge in [-0.05, 0) is 54.4 Å². The van der Waals surface area contributed by atoms with Crippen LogP contribution in [0.3, 0.4) is 0 Å². The molecule has 1 atom stereocenters. The third-order valence-electron chi connectivity index (χ3n) is 4.72. The van der Waals surface area contributed by atoms with Gasteiger partial charge in [0.15, 0.2) is 0 Å². The molecule has 0 bridgehead atoms. The monoisotopic (exact) mass is 484 g/mol. The van der Waals surface area contributed by atoms with Gasteiger partial charge in [0, 0.05) is 11.4 Å². The van der Waals surface area contributed by atoms with Crippen molar-refractivity contribution in [2.75, 3.05) is 16.8 Å². The second kappa shape index (κ2) is 10.8. The highest BCUT2D eigenvalue weighted by molar-refractivity contribution is 6.42. The van der Waals surface area contributed by atoms with Crippen molar-refractivity contribution in [2.45, 2.75) is 13.0 Å². The van der Waals surface area contributed by atoms with Crippen molar-refractivity contribution in [3.8, 4) is 0 Å². The summed E-state index contributed by atoms with van der Waals surface area (Å²) in [4.78, 5) is 38.6. The molecule has 0 fully saturated rings. The van der Waals surface area contributed by atoms with Gasteiger partial charge in [-0.1, -0.05) is 59.6 Å². The van der Waals surface area contributed by atoms with Crippen molar-refractivity contribution < 1.29 is 19.5 Å². The Hall–Kier alpha value is -3.55. The molecule has 33 heavy (non-hydrogen) atoms. The van der Waals surface area contributed by atoms with Gasteiger partial charge in [-0.25, -0.2) is 4.79 Å². The number of halogens is 2. The zero-order chi connectivity index (χ0) is 24.0. The molecule has 0 aliphatic rings. The first kappa shape index (κ1) is 24.1. The van der Waals surface area contributed by atoms with Gasteiger partial charge < -0.3 is 20.5 Å². The van der Waals surface area contributed by atoms with Crippen LogP contribution in [-0.2, 0) is 9.59 Å². The van der Waals surface area contributed by atoms with Gasteiger partial charge in [0.25, 0.3) is 0 Å². The quantitative estimate of drug-likeness (QED) is 0.529. The van der Waals surface area contributed by atoms with Crippen molar-refractivity contribution in [2.24, 2.45) is 0 Å². The number of nitrogens with zero attached hydrogens (tertiary/aromatic N) is 1. The number of hydrogen-bond acceptors (Lipinski definition) is 4. The Morgan fingerprint density at radius 2 is 1.67 bits per heavy atom. The minimum Gasteiger partial charge on any atom is -0.547 e. The van der Waals surface area contributed by atoms with Crippen LogP contribution >= 0.6 is 23.2 Å². The summed E-state index contributed by atoms with van der Waals surface area (Å²) in [6.07, 6.45) is 0. The molecule has 1 unspecified atom stereocenters. The molecule has 0 saturated carbocycles. The summed E-state index contributed by atoms with van der Waals surface area (Å²) in [6.45, 7) is 1.42. The first-order valence-electron chi connectivity index (χ1n) is 9.90. The van der Waals surface area contributed by atoms with E-state index in [0.717, 1.165) is 10.5 Å². The molecule has 0 aromatic heterocycles. The SMILES string of the molecule is Cc1cccc(NC(=O)NCC(=O)N(c2ccccc2)C(C(=O)[O-])c2ccc(Cl)c(Cl)c2)c1. The number of aryl methyl sites for hydroxylation is 1. The van der Waals surface area contributed by atoms with Gasteiger partial charge in [0.05, 0.1) is 22.6 Å². The maximum Gasteiger partial charge on any atom is 0.319 e. The van der Waals surface area contributed by atoms with Crippen LogP contribution in [0.2, 0.25) is 10.0 Å². The number of carboxylic acid groups (broad SMARTS) is 1. The smallest absolute Gasteiger partial charge is 0.319 e. The zero-order valence-corrected chi connectivity index (χ0v) is 19.1. The molecule has 3 aromatic rings. The van der Waals surface area contributed by atoms with E-state index in [-0.39, 0.29) is 15.6 Å². The van der Waals surface area contributed by atoms with Crippen LogP contribution in [0.25, 0.3) is 0 Å². The van der Waals surface area contributed by atoms with Crippen LogP contribution in [0.4, 0.5) is 16.2 Å².